The molecular weight excluding hydrogens is 340 g/mol. The molecule has 1 aromatic heterocycles. The summed E-state index contributed by atoms with van der Waals surface area (Å²) in [5.74, 6) is 1.06. The van der Waals surface area contributed by atoms with Gasteiger partial charge in [0, 0.05) is 39.5 Å². The van der Waals surface area contributed by atoms with Crippen LogP contribution in [0.15, 0.2) is 6.07 Å². The third-order valence-corrected chi connectivity index (χ3v) is 6.65. The number of ether oxygens (including phenoxy) is 1. The zero-order valence-corrected chi connectivity index (χ0v) is 16.3. The molecule has 1 spiro atoms. The van der Waals surface area contributed by atoms with Gasteiger partial charge in [0.1, 0.15) is 11.9 Å². The number of likely N-dealkylation sites (tertiary alicyclic amines) is 1. The number of fused-ring (bicyclic) bond motifs is 1. The lowest BCUT2D eigenvalue weighted by Gasteiger charge is -2.48. The van der Waals surface area contributed by atoms with E-state index in [1.165, 1.54) is 18.4 Å². The van der Waals surface area contributed by atoms with Crippen molar-refractivity contribution in [3.05, 3.63) is 22.9 Å². The van der Waals surface area contributed by atoms with Gasteiger partial charge in [-0.1, -0.05) is 0 Å². The average molecular weight is 368 g/mol. The molecule has 0 bridgehead atoms. The Morgan fingerprint density at radius 1 is 1.30 bits per heavy atom. The van der Waals surface area contributed by atoms with Gasteiger partial charge in [-0.05, 0) is 56.6 Å². The average Bonchev–Trinajstić information content (AvgIpc) is 2.71. The molecule has 1 aliphatic carbocycles. The largest absolute Gasteiger partial charge is 0.380 e. The van der Waals surface area contributed by atoms with Crippen LogP contribution in [0.4, 0.5) is 5.82 Å². The molecule has 0 radical (unpaired) electrons. The summed E-state index contributed by atoms with van der Waals surface area (Å²) >= 11 is 0. The lowest BCUT2D eigenvalue weighted by Crippen LogP contribution is -2.56. The van der Waals surface area contributed by atoms with Gasteiger partial charge in [0.05, 0.1) is 17.1 Å². The van der Waals surface area contributed by atoms with Crippen molar-refractivity contribution < 1.29 is 9.53 Å². The molecule has 4 rings (SSSR count). The molecule has 2 saturated heterocycles. The van der Waals surface area contributed by atoms with E-state index in [0.717, 1.165) is 56.7 Å². The topological polar surface area (TPSA) is 69.5 Å². The Morgan fingerprint density at radius 2 is 2.04 bits per heavy atom. The molecule has 27 heavy (non-hydrogen) atoms. The minimum Gasteiger partial charge on any atom is -0.380 e. The van der Waals surface area contributed by atoms with Gasteiger partial charge < -0.3 is 14.5 Å². The summed E-state index contributed by atoms with van der Waals surface area (Å²) in [5.41, 5.74) is 2.74. The van der Waals surface area contributed by atoms with Crippen LogP contribution in [-0.2, 0) is 22.4 Å². The molecule has 1 atom stereocenters. The van der Waals surface area contributed by atoms with Crippen LogP contribution in [-0.4, -0.2) is 55.7 Å². The van der Waals surface area contributed by atoms with Gasteiger partial charge in [0.25, 0.3) is 0 Å². The van der Waals surface area contributed by atoms with Gasteiger partial charge in [0.2, 0.25) is 5.91 Å². The van der Waals surface area contributed by atoms with Crippen molar-refractivity contribution in [2.24, 2.45) is 5.41 Å². The number of pyridine rings is 1. The van der Waals surface area contributed by atoms with Crippen LogP contribution in [0.2, 0.25) is 0 Å². The highest BCUT2D eigenvalue weighted by Crippen LogP contribution is 2.42. The first-order valence-electron chi connectivity index (χ1n) is 10.0. The first-order valence-corrected chi connectivity index (χ1v) is 10.0. The smallest absolute Gasteiger partial charge is 0.228 e. The zero-order valence-electron chi connectivity index (χ0n) is 16.3. The van der Waals surface area contributed by atoms with E-state index in [9.17, 15) is 10.1 Å². The van der Waals surface area contributed by atoms with Crippen LogP contribution in [0.25, 0.3) is 0 Å². The molecule has 2 fully saturated rings. The third-order valence-electron chi connectivity index (χ3n) is 6.65. The highest BCUT2D eigenvalue weighted by Gasteiger charge is 2.48. The molecule has 0 saturated carbocycles. The fourth-order valence-corrected chi connectivity index (χ4v) is 5.05. The standard InChI is InChI=1S/C21H28N4O2/c1-24-14-17(27-2)12-21(20(24)26)7-9-25(10-8-21)19-16(13-22)11-15-5-3-4-6-18(15)23-19/h11,17H,3-10,12,14H2,1-2H3. The number of amides is 1. The van der Waals surface area contributed by atoms with Gasteiger partial charge in [-0.15, -0.1) is 0 Å². The maximum absolute atomic E-state index is 12.9. The summed E-state index contributed by atoms with van der Waals surface area (Å²) in [5, 5.41) is 9.64. The van der Waals surface area contributed by atoms with Gasteiger partial charge in [0.15, 0.2) is 0 Å². The van der Waals surface area contributed by atoms with Crippen LogP contribution >= 0.6 is 0 Å². The Bertz CT molecular complexity index is 777. The predicted molar refractivity (Wildman–Crippen MR) is 103 cm³/mol. The van der Waals surface area contributed by atoms with E-state index in [2.05, 4.69) is 11.0 Å². The molecule has 1 amide bonds. The van der Waals surface area contributed by atoms with E-state index in [1.54, 1.807) is 7.11 Å². The number of hydrogen-bond donors (Lipinski definition) is 0. The summed E-state index contributed by atoms with van der Waals surface area (Å²) in [6.07, 6.45) is 6.87. The minimum absolute atomic E-state index is 0.107. The van der Waals surface area contributed by atoms with Gasteiger partial charge in [-0.25, -0.2) is 4.98 Å². The maximum Gasteiger partial charge on any atom is 0.228 e. The number of methoxy groups -OCH3 is 1. The van der Waals surface area contributed by atoms with Crippen LogP contribution in [0.3, 0.4) is 0 Å². The predicted octanol–water partition coefficient (Wildman–Crippen LogP) is 2.30. The molecular formula is C21H28N4O2. The number of aromatic nitrogens is 1. The summed E-state index contributed by atoms with van der Waals surface area (Å²) in [6.45, 7) is 2.19. The first-order chi connectivity index (χ1) is 13.1. The van der Waals surface area contributed by atoms with Crippen molar-refractivity contribution in [1.82, 2.24) is 9.88 Å². The monoisotopic (exact) mass is 368 g/mol. The van der Waals surface area contributed by atoms with E-state index < -0.39 is 0 Å². The number of rotatable bonds is 2. The number of carbonyl (C=O) groups excluding carboxylic acids is 1. The van der Waals surface area contributed by atoms with Crippen molar-refractivity contribution in [2.75, 3.05) is 38.7 Å². The van der Waals surface area contributed by atoms with Crippen LogP contribution < -0.4 is 4.90 Å². The zero-order chi connectivity index (χ0) is 19.0. The lowest BCUT2D eigenvalue weighted by molar-refractivity contribution is -0.153. The Hall–Kier alpha value is -2.13. The molecule has 0 aromatic carbocycles. The molecule has 144 valence electrons. The van der Waals surface area contributed by atoms with Crippen LogP contribution in [0.5, 0.6) is 0 Å². The van der Waals surface area contributed by atoms with Crippen LogP contribution in [0.1, 0.15) is 48.9 Å². The lowest BCUT2D eigenvalue weighted by atomic mass is 9.71. The first kappa shape index (κ1) is 18.2. The van der Waals surface area contributed by atoms with E-state index in [0.29, 0.717) is 12.1 Å². The number of hydrogen-bond acceptors (Lipinski definition) is 5. The van der Waals surface area contributed by atoms with E-state index >= 15 is 0 Å². The third kappa shape index (κ3) is 3.19. The number of nitriles is 1. The fourth-order valence-electron chi connectivity index (χ4n) is 5.05. The molecule has 1 unspecified atom stereocenters. The molecule has 1 aromatic rings. The van der Waals surface area contributed by atoms with Crippen molar-refractivity contribution in [2.45, 2.75) is 51.0 Å². The Morgan fingerprint density at radius 3 is 2.74 bits per heavy atom. The van der Waals surface area contributed by atoms with Crippen molar-refractivity contribution in [1.29, 1.82) is 5.26 Å². The summed E-state index contributed by atoms with van der Waals surface area (Å²) in [7, 11) is 3.60. The minimum atomic E-state index is -0.328. The quantitative estimate of drug-likeness (QED) is 0.801. The van der Waals surface area contributed by atoms with Gasteiger partial charge >= 0.3 is 0 Å². The number of piperidine rings is 2. The van der Waals surface area contributed by atoms with Crippen molar-refractivity contribution >= 4 is 11.7 Å². The van der Waals surface area contributed by atoms with E-state index in [4.69, 9.17) is 9.72 Å². The highest BCUT2D eigenvalue weighted by atomic mass is 16.5. The number of aryl methyl sites for hydroxylation is 2. The highest BCUT2D eigenvalue weighted by molar-refractivity contribution is 5.84. The molecule has 6 nitrogen and oxygen atoms in total. The number of likely N-dealkylation sites (N-methyl/N-ethyl adjacent to an activating group) is 1. The van der Waals surface area contributed by atoms with E-state index in [1.807, 2.05) is 18.0 Å². The molecule has 2 aliphatic heterocycles. The van der Waals surface area contributed by atoms with Crippen molar-refractivity contribution in [3.63, 3.8) is 0 Å². The normalized spacial score (nSPS) is 24.6. The summed E-state index contributed by atoms with van der Waals surface area (Å²) in [4.78, 5) is 21.8. The number of nitrogens with zero attached hydrogens (tertiary/aromatic N) is 4. The second-order valence-electron chi connectivity index (χ2n) is 8.30. The number of anilines is 1. The Labute approximate surface area is 161 Å². The summed E-state index contributed by atoms with van der Waals surface area (Å²) < 4.78 is 5.58. The molecule has 6 heteroatoms. The molecule has 3 heterocycles. The summed E-state index contributed by atoms with van der Waals surface area (Å²) in [6, 6.07) is 4.39. The molecule has 0 N–H and O–H groups in total. The van der Waals surface area contributed by atoms with Crippen LogP contribution in [0, 0.1) is 16.7 Å². The Balaban J connectivity index is 1.56. The number of carbonyl (C=O) groups is 1. The maximum atomic E-state index is 12.9. The van der Waals surface area contributed by atoms with Crippen molar-refractivity contribution in [3.8, 4) is 6.07 Å². The fraction of sp³-hybridized carbons (Fsp3) is 0.667. The second-order valence-corrected chi connectivity index (χ2v) is 8.30. The SMILES string of the molecule is COC1CN(C)C(=O)C2(CCN(c3nc4c(cc3C#N)CCCC4)CC2)C1. The van der Waals surface area contributed by atoms with Gasteiger partial charge in [-0.2, -0.15) is 5.26 Å². The second kappa shape index (κ2) is 7.12. The Kier molecular flexibility index (Phi) is 4.81. The van der Waals surface area contributed by atoms with Gasteiger partial charge in [-0.3, -0.25) is 4.79 Å². The molecule has 3 aliphatic rings. The van der Waals surface area contributed by atoms with E-state index in [-0.39, 0.29) is 17.4 Å².